The maximum Gasteiger partial charge on any atom is 0.321 e. The van der Waals surface area contributed by atoms with Gasteiger partial charge in [0.05, 0.1) is 5.92 Å². The highest BCUT2D eigenvalue weighted by Crippen LogP contribution is 2.24. The number of amides is 2. The molecule has 2 aromatic rings. The first-order chi connectivity index (χ1) is 10.7. The molecule has 1 unspecified atom stereocenters. The average molecular weight is 294 g/mol. The van der Waals surface area contributed by atoms with Crippen LogP contribution in [0.2, 0.25) is 0 Å². The molecule has 0 aliphatic carbocycles. The highest BCUT2D eigenvalue weighted by molar-refractivity contribution is 5.93. The second-order valence-electron chi connectivity index (χ2n) is 5.42. The summed E-state index contributed by atoms with van der Waals surface area (Å²) in [7, 11) is 0. The van der Waals surface area contributed by atoms with Crippen molar-refractivity contribution in [3.63, 3.8) is 0 Å². The van der Waals surface area contributed by atoms with Crippen LogP contribution in [-0.4, -0.2) is 29.8 Å². The normalized spacial score (nSPS) is 18.1. The lowest BCUT2D eigenvalue weighted by Crippen LogP contribution is -2.45. The van der Waals surface area contributed by atoms with Crippen LogP contribution in [0.3, 0.4) is 0 Å². The number of hydrogen-bond acceptors (Lipinski definition) is 2. The predicted molar refractivity (Wildman–Crippen MR) is 85.8 cm³/mol. The lowest BCUT2D eigenvalue weighted by atomic mass is 9.89. The van der Waals surface area contributed by atoms with E-state index in [2.05, 4.69) is 5.32 Å². The fourth-order valence-corrected chi connectivity index (χ4v) is 2.72. The molecule has 4 heteroatoms. The number of ketones is 1. The Balaban J connectivity index is 1.70. The second kappa shape index (κ2) is 6.43. The van der Waals surface area contributed by atoms with Gasteiger partial charge in [0.15, 0.2) is 0 Å². The number of piperidine rings is 1. The number of urea groups is 1. The number of hydrogen-bond donors (Lipinski definition) is 1. The molecule has 1 saturated heterocycles. The van der Waals surface area contributed by atoms with Crippen LogP contribution in [0.5, 0.6) is 0 Å². The van der Waals surface area contributed by atoms with Crippen molar-refractivity contribution in [1.82, 2.24) is 4.90 Å². The molecule has 2 aromatic carbocycles. The van der Waals surface area contributed by atoms with Gasteiger partial charge in [-0.25, -0.2) is 4.79 Å². The Hall–Kier alpha value is -2.62. The highest BCUT2D eigenvalue weighted by atomic mass is 16.2. The SMILES string of the molecule is O=C1CCN(C(=O)Nc2ccccc2)CC1c1ccccc1. The zero-order valence-electron chi connectivity index (χ0n) is 12.2. The first kappa shape index (κ1) is 14.3. The summed E-state index contributed by atoms with van der Waals surface area (Å²) in [6, 6.07) is 18.9. The fourth-order valence-electron chi connectivity index (χ4n) is 2.72. The average Bonchev–Trinajstić information content (AvgIpc) is 2.57. The largest absolute Gasteiger partial charge is 0.323 e. The zero-order chi connectivity index (χ0) is 15.4. The van der Waals surface area contributed by atoms with E-state index in [-0.39, 0.29) is 17.7 Å². The van der Waals surface area contributed by atoms with E-state index < -0.39 is 0 Å². The third-order valence-corrected chi connectivity index (χ3v) is 3.93. The van der Waals surface area contributed by atoms with Gasteiger partial charge in [0.1, 0.15) is 5.78 Å². The van der Waals surface area contributed by atoms with Gasteiger partial charge in [-0.05, 0) is 17.7 Å². The van der Waals surface area contributed by atoms with Crippen molar-refractivity contribution in [3.8, 4) is 0 Å². The number of carbonyl (C=O) groups excluding carboxylic acids is 2. The number of Topliss-reactive ketones (excluding diaryl/α,β-unsaturated/α-hetero) is 1. The predicted octanol–water partition coefficient (Wildman–Crippen LogP) is 3.28. The summed E-state index contributed by atoms with van der Waals surface area (Å²) in [4.78, 5) is 26.2. The van der Waals surface area contributed by atoms with Gasteiger partial charge in [0.2, 0.25) is 0 Å². The molecule has 0 aromatic heterocycles. The minimum absolute atomic E-state index is 0.153. The second-order valence-corrected chi connectivity index (χ2v) is 5.42. The number of likely N-dealkylation sites (tertiary alicyclic amines) is 1. The number of anilines is 1. The van der Waals surface area contributed by atoms with Crippen molar-refractivity contribution < 1.29 is 9.59 Å². The van der Waals surface area contributed by atoms with Crippen LogP contribution in [-0.2, 0) is 4.79 Å². The van der Waals surface area contributed by atoms with Crippen molar-refractivity contribution >= 4 is 17.5 Å². The molecule has 1 heterocycles. The van der Waals surface area contributed by atoms with Gasteiger partial charge in [0.25, 0.3) is 0 Å². The van der Waals surface area contributed by atoms with E-state index in [0.717, 1.165) is 11.3 Å². The Morgan fingerprint density at radius 3 is 2.32 bits per heavy atom. The molecule has 1 aliphatic rings. The molecule has 0 bridgehead atoms. The van der Waals surface area contributed by atoms with Crippen LogP contribution in [0.15, 0.2) is 60.7 Å². The molecule has 0 saturated carbocycles. The third kappa shape index (κ3) is 3.17. The van der Waals surface area contributed by atoms with Crippen LogP contribution < -0.4 is 5.32 Å². The van der Waals surface area contributed by atoms with Crippen LogP contribution in [0.25, 0.3) is 0 Å². The van der Waals surface area contributed by atoms with Gasteiger partial charge in [-0.15, -0.1) is 0 Å². The van der Waals surface area contributed by atoms with E-state index in [1.807, 2.05) is 60.7 Å². The van der Waals surface area contributed by atoms with Crippen molar-refractivity contribution in [1.29, 1.82) is 0 Å². The van der Waals surface area contributed by atoms with Crippen LogP contribution >= 0.6 is 0 Å². The summed E-state index contributed by atoms with van der Waals surface area (Å²) in [5, 5.41) is 2.87. The number of rotatable bonds is 2. The Morgan fingerprint density at radius 1 is 1.00 bits per heavy atom. The Kier molecular flexibility index (Phi) is 4.19. The molecule has 4 nitrogen and oxygen atoms in total. The van der Waals surface area contributed by atoms with Crippen molar-refractivity contribution in [2.45, 2.75) is 12.3 Å². The number of nitrogens with one attached hydrogen (secondary N) is 1. The maximum absolute atomic E-state index is 12.4. The molecular weight excluding hydrogens is 276 g/mol. The Morgan fingerprint density at radius 2 is 1.64 bits per heavy atom. The third-order valence-electron chi connectivity index (χ3n) is 3.93. The van der Waals surface area contributed by atoms with Crippen molar-refractivity contribution in [3.05, 3.63) is 66.2 Å². The molecule has 1 N–H and O–H groups in total. The number of para-hydroxylation sites is 1. The summed E-state index contributed by atoms with van der Waals surface area (Å²) in [6.45, 7) is 0.905. The van der Waals surface area contributed by atoms with Gasteiger partial charge in [-0.3, -0.25) is 4.79 Å². The van der Waals surface area contributed by atoms with Gasteiger partial charge < -0.3 is 10.2 Å². The van der Waals surface area contributed by atoms with Gasteiger partial charge in [-0.1, -0.05) is 48.5 Å². The Bertz CT molecular complexity index is 655. The van der Waals surface area contributed by atoms with E-state index in [4.69, 9.17) is 0 Å². The summed E-state index contributed by atoms with van der Waals surface area (Å²) in [5.41, 5.74) is 1.74. The van der Waals surface area contributed by atoms with Crippen LogP contribution in [0.1, 0.15) is 17.9 Å². The molecule has 1 fully saturated rings. The van der Waals surface area contributed by atoms with Crippen LogP contribution in [0, 0.1) is 0 Å². The monoisotopic (exact) mass is 294 g/mol. The summed E-state index contributed by atoms with van der Waals surface area (Å²) < 4.78 is 0. The van der Waals surface area contributed by atoms with E-state index >= 15 is 0 Å². The first-order valence-electron chi connectivity index (χ1n) is 7.42. The van der Waals surface area contributed by atoms with E-state index in [1.165, 1.54) is 0 Å². The number of nitrogens with zero attached hydrogens (tertiary/aromatic N) is 1. The lowest BCUT2D eigenvalue weighted by molar-refractivity contribution is -0.122. The molecule has 0 spiro atoms. The Labute approximate surface area is 129 Å². The summed E-state index contributed by atoms with van der Waals surface area (Å²) >= 11 is 0. The number of carbonyl (C=O) groups is 2. The molecule has 1 aliphatic heterocycles. The van der Waals surface area contributed by atoms with E-state index in [0.29, 0.717) is 19.5 Å². The van der Waals surface area contributed by atoms with Gasteiger partial charge >= 0.3 is 6.03 Å². The van der Waals surface area contributed by atoms with Gasteiger partial charge in [0, 0.05) is 25.2 Å². The fraction of sp³-hybridized carbons (Fsp3) is 0.222. The summed E-state index contributed by atoms with van der Waals surface area (Å²) in [5.74, 6) is -0.0218. The lowest BCUT2D eigenvalue weighted by Gasteiger charge is -2.32. The maximum atomic E-state index is 12.4. The molecule has 1 atom stereocenters. The molecule has 0 radical (unpaired) electrons. The summed E-state index contributed by atoms with van der Waals surface area (Å²) in [6.07, 6.45) is 0.405. The van der Waals surface area contributed by atoms with E-state index in [1.54, 1.807) is 4.90 Å². The molecule has 112 valence electrons. The van der Waals surface area contributed by atoms with Gasteiger partial charge in [-0.2, -0.15) is 0 Å². The molecule has 2 amide bonds. The van der Waals surface area contributed by atoms with E-state index in [9.17, 15) is 9.59 Å². The molecular formula is C18H18N2O2. The first-order valence-corrected chi connectivity index (χ1v) is 7.42. The highest BCUT2D eigenvalue weighted by Gasteiger charge is 2.30. The topological polar surface area (TPSA) is 49.4 Å². The minimum Gasteiger partial charge on any atom is -0.323 e. The van der Waals surface area contributed by atoms with Crippen molar-refractivity contribution in [2.24, 2.45) is 0 Å². The van der Waals surface area contributed by atoms with Crippen LogP contribution in [0.4, 0.5) is 10.5 Å². The minimum atomic E-state index is -0.225. The molecule has 3 rings (SSSR count). The smallest absolute Gasteiger partial charge is 0.321 e. The quantitative estimate of drug-likeness (QED) is 0.924. The number of benzene rings is 2. The van der Waals surface area contributed by atoms with Crippen molar-refractivity contribution in [2.75, 3.05) is 18.4 Å². The standard InChI is InChI=1S/C18H18N2O2/c21-17-11-12-20(13-16(17)14-7-3-1-4-8-14)18(22)19-15-9-5-2-6-10-15/h1-10,16H,11-13H2,(H,19,22). The zero-order valence-corrected chi connectivity index (χ0v) is 12.2. The molecule has 22 heavy (non-hydrogen) atoms.